The maximum absolute atomic E-state index is 11.4. The van der Waals surface area contributed by atoms with Crippen LogP contribution in [0.3, 0.4) is 0 Å². The Morgan fingerprint density at radius 3 is 2.75 bits per heavy atom. The van der Waals surface area contributed by atoms with Gasteiger partial charge >= 0.3 is 0 Å². The van der Waals surface area contributed by atoms with E-state index in [4.69, 9.17) is 5.11 Å². The molecule has 0 bridgehead atoms. The Kier molecular flexibility index (Phi) is 3.05. The normalized spacial score (nSPS) is 26.4. The minimum Gasteiger partial charge on any atom is -0.394 e. The molecule has 1 heterocycles. The fourth-order valence-corrected chi connectivity index (χ4v) is 1.53. The second-order valence-electron chi connectivity index (χ2n) is 3.09. The highest BCUT2D eigenvalue weighted by atomic mass is 16.3. The molecule has 4 nitrogen and oxygen atoms in total. The number of piperazine rings is 1. The molecule has 1 amide bonds. The van der Waals surface area contributed by atoms with Gasteiger partial charge in [0.25, 0.3) is 0 Å². The molecule has 1 N–H and O–H groups in total. The molecule has 70 valence electrons. The molecule has 1 atom stereocenters. The molecule has 1 fully saturated rings. The van der Waals surface area contributed by atoms with Gasteiger partial charge in [-0.2, -0.15) is 0 Å². The zero-order chi connectivity index (χ0) is 9.14. The summed E-state index contributed by atoms with van der Waals surface area (Å²) in [5, 5.41) is 8.99. The molecule has 4 heteroatoms. The second-order valence-corrected chi connectivity index (χ2v) is 3.09. The Bertz CT molecular complexity index is 172. The summed E-state index contributed by atoms with van der Waals surface area (Å²) in [6, 6.07) is -0.311. The van der Waals surface area contributed by atoms with E-state index >= 15 is 0 Å². The summed E-state index contributed by atoms with van der Waals surface area (Å²) < 4.78 is 0. The Balaban J connectivity index is 2.65. The summed E-state index contributed by atoms with van der Waals surface area (Å²) in [5.41, 5.74) is 0. The van der Waals surface area contributed by atoms with Crippen molar-refractivity contribution in [3.05, 3.63) is 0 Å². The summed E-state index contributed by atoms with van der Waals surface area (Å²) in [5.74, 6) is 0.0330. The van der Waals surface area contributed by atoms with Gasteiger partial charge < -0.3 is 10.0 Å². The summed E-state index contributed by atoms with van der Waals surface area (Å²) in [7, 11) is 1.78. The smallest absolute Gasteiger partial charge is 0.242 e. The Morgan fingerprint density at radius 1 is 1.58 bits per heavy atom. The second kappa shape index (κ2) is 3.87. The Labute approximate surface area is 72.8 Å². The van der Waals surface area contributed by atoms with Crippen LogP contribution < -0.4 is 0 Å². The van der Waals surface area contributed by atoms with Gasteiger partial charge in [-0.25, -0.2) is 0 Å². The van der Waals surface area contributed by atoms with Gasteiger partial charge in [0, 0.05) is 20.1 Å². The number of rotatable bonds is 2. The number of hydrogen-bond donors (Lipinski definition) is 1. The van der Waals surface area contributed by atoms with E-state index < -0.39 is 0 Å². The number of carbonyl (C=O) groups is 1. The molecule has 1 rings (SSSR count). The quantitative estimate of drug-likeness (QED) is 0.589. The highest BCUT2D eigenvalue weighted by Gasteiger charge is 2.30. The minimum absolute atomic E-state index is 0.0330. The zero-order valence-corrected chi connectivity index (χ0v) is 7.66. The molecule has 0 aromatic rings. The first-order valence-electron chi connectivity index (χ1n) is 4.30. The van der Waals surface area contributed by atoms with Crippen molar-refractivity contribution in [3.63, 3.8) is 0 Å². The van der Waals surface area contributed by atoms with Gasteiger partial charge in [0.2, 0.25) is 5.91 Å². The molecule has 1 unspecified atom stereocenters. The van der Waals surface area contributed by atoms with Crippen molar-refractivity contribution in [1.29, 1.82) is 0 Å². The van der Waals surface area contributed by atoms with Crippen LogP contribution in [0.2, 0.25) is 0 Å². The molecule has 0 saturated carbocycles. The van der Waals surface area contributed by atoms with Crippen molar-refractivity contribution in [2.75, 3.05) is 33.3 Å². The van der Waals surface area contributed by atoms with E-state index in [-0.39, 0.29) is 18.6 Å². The van der Waals surface area contributed by atoms with Crippen molar-refractivity contribution in [3.8, 4) is 0 Å². The number of carbonyl (C=O) groups excluding carboxylic acids is 1. The largest absolute Gasteiger partial charge is 0.394 e. The van der Waals surface area contributed by atoms with Gasteiger partial charge in [0.15, 0.2) is 0 Å². The maximum Gasteiger partial charge on any atom is 0.242 e. The molecular weight excluding hydrogens is 156 g/mol. The zero-order valence-electron chi connectivity index (χ0n) is 7.66. The van der Waals surface area contributed by atoms with Crippen LogP contribution in [0.4, 0.5) is 0 Å². The van der Waals surface area contributed by atoms with Crippen molar-refractivity contribution in [2.24, 2.45) is 0 Å². The molecule has 0 aromatic heterocycles. The van der Waals surface area contributed by atoms with E-state index in [1.165, 1.54) is 0 Å². The fraction of sp³-hybridized carbons (Fsp3) is 0.875. The highest BCUT2D eigenvalue weighted by molar-refractivity contribution is 5.82. The number of aliphatic hydroxyl groups is 1. The van der Waals surface area contributed by atoms with E-state index in [1.807, 2.05) is 11.8 Å². The third-order valence-electron chi connectivity index (χ3n) is 2.40. The van der Waals surface area contributed by atoms with Gasteiger partial charge in [0.1, 0.15) is 6.04 Å². The first-order valence-corrected chi connectivity index (χ1v) is 4.30. The molecule has 12 heavy (non-hydrogen) atoms. The van der Waals surface area contributed by atoms with Gasteiger partial charge in [-0.05, 0) is 6.54 Å². The van der Waals surface area contributed by atoms with Crippen LogP contribution in [0, 0.1) is 0 Å². The third-order valence-corrected chi connectivity index (χ3v) is 2.40. The fourth-order valence-electron chi connectivity index (χ4n) is 1.53. The van der Waals surface area contributed by atoms with Crippen LogP contribution in [0.5, 0.6) is 0 Å². The van der Waals surface area contributed by atoms with Crippen LogP contribution in [0.15, 0.2) is 0 Å². The lowest BCUT2D eigenvalue weighted by atomic mass is 10.2. The molecule has 0 spiro atoms. The SMILES string of the molecule is CCN1CCN(C)C(=O)C1CO. The average molecular weight is 172 g/mol. The van der Waals surface area contributed by atoms with E-state index in [0.29, 0.717) is 0 Å². The van der Waals surface area contributed by atoms with Crippen molar-refractivity contribution >= 4 is 5.91 Å². The topological polar surface area (TPSA) is 43.8 Å². The number of nitrogens with zero attached hydrogens (tertiary/aromatic N) is 2. The standard InChI is InChI=1S/C8H16N2O2/c1-3-10-5-4-9(2)8(12)7(10)6-11/h7,11H,3-6H2,1-2H3. The van der Waals surface area contributed by atoms with E-state index in [0.717, 1.165) is 19.6 Å². The molecule has 1 saturated heterocycles. The first kappa shape index (κ1) is 9.48. The predicted octanol–water partition coefficient (Wildman–Crippen LogP) is -0.859. The Morgan fingerprint density at radius 2 is 2.25 bits per heavy atom. The molecule has 0 radical (unpaired) electrons. The lowest BCUT2D eigenvalue weighted by molar-refractivity contribution is -0.141. The lowest BCUT2D eigenvalue weighted by Crippen LogP contribution is -2.56. The molecule has 0 aromatic carbocycles. The minimum atomic E-state index is -0.311. The maximum atomic E-state index is 11.4. The first-order chi connectivity index (χ1) is 5.70. The van der Waals surface area contributed by atoms with E-state index in [2.05, 4.69) is 0 Å². The van der Waals surface area contributed by atoms with Crippen LogP contribution in [-0.2, 0) is 4.79 Å². The van der Waals surface area contributed by atoms with Gasteiger partial charge in [-0.3, -0.25) is 9.69 Å². The lowest BCUT2D eigenvalue weighted by Gasteiger charge is -2.37. The van der Waals surface area contributed by atoms with Crippen LogP contribution in [-0.4, -0.2) is 60.1 Å². The van der Waals surface area contributed by atoms with Crippen molar-refractivity contribution < 1.29 is 9.90 Å². The van der Waals surface area contributed by atoms with Crippen LogP contribution in [0.1, 0.15) is 6.92 Å². The van der Waals surface area contributed by atoms with Gasteiger partial charge in [-0.15, -0.1) is 0 Å². The van der Waals surface area contributed by atoms with E-state index in [9.17, 15) is 4.79 Å². The number of hydrogen-bond acceptors (Lipinski definition) is 3. The molecule has 1 aliphatic rings. The van der Waals surface area contributed by atoms with Gasteiger partial charge in [-0.1, -0.05) is 6.92 Å². The summed E-state index contributed by atoms with van der Waals surface area (Å²) in [6.07, 6.45) is 0. The Hall–Kier alpha value is -0.610. The summed E-state index contributed by atoms with van der Waals surface area (Å²) >= 11 is 0. The van der Waals surface area contributed by atoms with Crippen LogP contribution >= 0.6 is 0 Å². The van der Waals surface area contributed by atoms with Crippen LogP contribution in [0.25, 0.3) is 0 Å². The van der Waals surface area contributed by atoms with Gasteiger partial charge in [0.05, 0.1) is 6.61 Å². The number of likely N-dealkylation sites (N-methyl/N-ethyl adjacent to an activating group) is 2. The molecule has 0 aliphatic carbocycles. The molecular formula is C8H16N2O2. The summed E-state index contributed by atoms with van der Waals surface area (Å²) in [4.78, 5) is 15.1. The predicted molar refractivity (Wildman–Crippen MR) is 45.8 cm³/mol. The van der Waals surface area contributed by atoms with E-state index in [1.54, 1.807) is 11.9 Å². The van der Waals surface area contributed by atoms with Crippen molar-refractivity contribution in [2.45, 2.75) is 13.0 Å². The van der Waals surface area contributed by atoms with Crippen molar-refractivity contribution in [1.82, 2.24) is 9.80 Å². The highest BCUT2D eigenvalue weighted by Crippen LogP contribution is 2.08. The summed E-state index contributed by atoms with van der Waals surface area (Å²) in [6.45, 7) is 4.39. The monoisotopic (exact) mass is 172 g/mol. The molecule has 1 aliphatic heterocycles. The average Bonchev–Trinajstić information content (AvgIpc) is 2.09. The number of aliphatic hydroxyl groups excluding tert-OH is 1. The number of amides is 1. The third kappa shape index (κ3) is 1.59.